The molecule has 6 nitrogen and oxygen atoms in total. The van der Waals surface area contributed by atoms with Crippen molar-refractivity contribution >= 4 is 27.5 Å². The molecule has 0 aliphatic heterocycles. The van der Waals surface area contributed by atoms with Crippen LogP contribution in [0, 0.1) is 13.8 Å². The highest BCUT2D eigenvalue weighted by molar-refractivity contribution is 7.19. The van der Waals surface area contributed by atoms with E-state index >= 15 is 0 Å². The van der Waals surface area contributed by atoms with Gasteiger partial charge in [0.2, 0.25) is 5.91 Å². The predicted octanol–water partition coefficient (Wildman–Crippen LogP) is 3.45. The summed E-state index contributed by atoms with van der Waals surface area (Å²) >= 11 is 1.44. The third-order valence-corrected chi connectivity index (χ3v) is 5.54. The summed E-state index contributed by atoms with van der Waals surface area (Å²) in [4.78, 5) is 29.7. The molecular weight excluding hydrogens is 384 g/mol. The number of amides is 1. The Labute approximate surface area is 171 Å². The van der Waals surface area contributed by atoms with Crippen molar-refractivity contribution in [2.45, 2.75) is 26.9 Å². The van der Waals surface area contributed by atoms with Crippen LogP contribution in [0.25, 0.3) is 21.5 Å². The van der Waals surface area contributed by atoms with E-state index in [2.05, 4.69) is 15.4 Å². The SMILES string of the molecule is Cc1ccc(CNC(=O)Cn2nc(-c3ccccc3)c3sc(C)nc3c2=O)cc1. The van der Waals surface area contributed by atoms with Gasteiger partial charge in [-0.1, -0.05) is 60.2 Å². The molecule has 0 atom stereocenters. The van der Waals surface area contributed by atoms with Gasteiger partial charge in [-0.3, -0.25) is 9.59 Å². The Balaban J connectivity index is 1.63. The minimum absolute atomic E-state index is 0.156. The number of nitrogens with zero attached hydrogens (tertiary/aromatic N) is 3. The van der Waals surface area contributed by atoms with Crippen LogP contribution in [0.3, 0.4) is 0 Å². The molecule has 29 heavy (non-hydrogen) atoms. The topological polar surface area (TPSA) is 76.9 Å². The zero-order valence-corrected chi connectivity index (χ0v) is 17.0. The number of benzene rings is 2. The Bertz CT molecular complexity index is 1230. The van der Waals surface area contributed by atoms with Gasteiger partial charge >= 0.3 is 0 Å². The van der Waals surface area contributed by atoms with Crippen LogP contribution >= 0.6 is 11.3 Å². The van der Waals surface area contributed by atoms with Crippen LogP contribution in [-0.4, -0.2) is 20.7 Å². The molecule has 0 bridgehead atoms. The molecule has 2 aromatic carbocycles. The van der Waals surface area contributed by atoms with E-state index in [0.717, 1.165) is 26.4 Å². The molecule has 2 aromatic heterocycles. The van der Waals surface area contributed by atoms with Crippen LogP contribution in [0.1, 0.15) is 16.1 Å². The summed E-state index contributed by atoms with van der Waals surface area (Å²) < 4.78 is 1.95. The standard InChI is InChI=1S/C22H20N4O2S/c1-14-8-10-16(11-9-14)12-23-18(27)13-26-22(28)20-21(29-15(2)24-20)19(25-26)17-6-4-3-5-7-17/h3-11H,12-13H2,1-2H3,(H,23,27). The first-order chi connectivity index (χ1) is 14.0. The maximum atomic E-state index is 12.8. The monoisotopic (exact) mass is 404 g/mol. The van der Waals surface area contributed by atoms with Crippen LogP contribution < -0.4 is 10.9 Å². The summed E-state index contributed by atoms with van der Waals surface area (Å²) in [5, 5.41) is 8.14. The first kappa shape index (κ1) is 19.0. The molecule has 0 radical (unpaired) electrons. The molecule has 7 heteroatoms. The molecule has 4 aromatic rings. The molecule has 0 saturated carbocycles. The fourth-order valence-electron chi connectivity index (χ4n) is 3.06. The van der Waals surface area contributed by atoms with Crippen LogP contribution in [0.5, 0.6) is 0 Å². The zero-order valence-electron chi connectivity index (χ0n) is 16.2. The summed E-state index contributed by atoms with van der Waals surface area (Å²) in [6.45, 7) is 4.12. The first-order valence-corrected chi connectivity index (χ1v) is 10.1. The van der Waals surface area contributed by atoms with Crippen LogP contribution in [0.4, 0.5) is 0 Å². The number of carbonyl (C=O) groups is 1. The third kappa shape index (κ3) is 4.09. The molecule has 146 valence electrons. The van der Waals surface area contributed by atoms with E-state index in [4.69, 9.17) is 0 Å². The molecule has 2 heterocycles. The number of aromatic nitrogens is 3. The molecule has 0 aliphatic carbocycles. The van der Waals surface area contributed by atoms with E-state index in [9.17, 15) is 9.59 Å². The van der Waals surface area contributed by atoms with Gasteiger partial charge in [0.25, 0.3) is 5.56 Å². The second kappa shape index (κ2) is 7.97. The van der Waals surface area contributed by atoms with Crippen molar-refractivity contribution in [1.82, 2.24) is 20.1 Å². The second-order valence-electron chi connectivity index (χ2n) is 6.85. The van der Waals surface area contributed by atoms with E-state index in [1.807, 2.05) is 68.4 Å². The van der Waals surface area contributed by atoms with Gasteiger partial charge in [0, 0.05) is 12.1 Å². The number of hydrogen-bond acceptors (Lipinski definition) is 5. The normalized spacial score (nSPS) is 11.0. The third-order valence-electron chi connectivity index (χ3n) is 4.56. The minimum Gasteiger partial charge on any atom is -0.350 e. The van der Waals surface area contributed by atoms with Crippen LogP contribution in [-0.2, 0) is 17.9 Å². The Morgan fingerprint density at radius 1 is 1.07 bits per heavy atom. The first-order valence-electron chi connectivity index (χ1n) is 9.27. The molecule has 0 fully saturated rings. The number of fused-ring (bicyclic) bond motifs is 1. The van der Waals surface area contributed by atoms with Crippen LogP contribution in [0.2, 0.25) is 0 Å². The Hall–Kier alpha value is -3.32. The van der Waals surface area contributed by atoms with E-state index in [0.29, 0.717) is 17.8 Å². The smallest absolute Gasteiger partial charge is 0.294 e. The summed E-state index contributed by atoms with van der Waals surface area (Å²) in [6, 6.07) is 17.6. The van der Waals surface area contributed by atoms with Gasteiger partial charge < -0.3 is 5.32 Å². The second-order valence-corrected chi connectivity index (χ2v) is 8.05. The van der Waals surface area contributed by atoms with Gasteiger partial charge in [-0.15, -0.1) is 11.3 Å². The molecule has 4 rings (SSSR count). The van der Waals surface area contributed by atoms with Gasteiger partial charge in [0.15, 0.2) is 5.52 Å². The highest BCUT2D eigenvalue weighted by Crippen LogP contribution is 2.29. The highest BCUT2D eigenvalue weighted by Gasteiger charge is 2.17. The molecule has 1 amide bonds. The van der Waals surface area contributed by atoms with Gasteiger partial charge in [-0.2, -0.15) is 5.10 Å². The van der Waals surface area contributed by atoms with Crippen molar-refractivity contribution in [1.29, 1.82) is 0 Å². The summed E-state index contributed by atoms with van der Waals surface area (Å²) in [7, 11) is 0. The van der Waals surface area contributed by atoms with E-state index in [1.54, 1.807) is 0 Å². The lowest BCUT2D eigenvalue weighted by molar-refractivity contribution is -0.122. The lowest BCUT2D eigenvalue weighted by Gasteiger charge is -2.09. The minimum atomic E-state index is -0.352. The number of rotatable bonds is 5. The van der Waals surface area contributed by atoms with Gasteiger partial charge in [0.05, 0.1) is 9.71 Å². The van der Waals surface area contributed by atoms with Crippen molar-refractivity contribution in [3.05, 3.63) is 81.1 Å². The van der Waals surface area contributed by atoms with E-state index in [-0.39, 0.29) is 18.0 Å². The average Bonchev–Trinajstić information content (AvgIpc) is 3.12. The quantitative estimate of drug-likeness (QED) is 0.553. The van der Waals surface area contributed by atoms with Gasteiger partial charge in [-0.05, 0) is 19.4 Å². The van der Waals surface area contributed by atoms with Crippen molar-refractivity contribution in [2.24, 2.45) is 0 Å². The number of carbonyl (C=O) groups excluding carboxylic acids is 1. The number of nitrogens with one attached hydrogen (secondary N) is 1. The maximum Gasteiger partial charge on any atom is 0.294 e. The lowest BCUT2D eigenvalue weighted by Crippen LogP contribution is -2.33. The molecule has 0 aliphatic rings. The van der Waals surface area contributed by atoms with Crippen molar-refractivity contribution in [3.63, 3.8) is 0 Å². The lowest BCUT2D eigenvalue weighted by atomic mass is 10.1. The Kier molecular flexibility index (Phi) is 5.22. The number of thiazole rings is 1. The fraction of sp³-hybridized carbons (Fsp3) is 0.182. The number of hydrogen-bond donors (Lipinski definition) is 1. The largest absolute Gasteiger partial charge is 0.350 e. The maximum absolute atomic E-state index is 12.8. The zero-order chi connectivity index (χ0) is 20.4. The Morgan fingerprint density at radius 2 is 1.79 bits per heavy atom. The fourth-order valence-corrected chi connectivity index (χ4v) is 3.97. The molecule has 1 N–H and O–H groups in total. The van der Waals surface area contributed by atoms with Crippen molar-refractivity contribution < 1.29 is 4.79 Å². The van der Waals surface area contributed by atoms with Gasteiger partial charge in [0.1, 0.15) is 12.2 Å². The van der Waals surface area contributed by atoms with Gasteiger partial charge in [-0.25, -0.2) is 9.67 Å². The number of aryl methyl sites for hydroxylation is 2. The summed E-state index contributed by atoms with van der Waals surface area (Å²) in [5.74, 6) is -0.273. The molecule has 0 saturated heterocycles. The predicted molar refractivity (Wildman–Crippen MR) is 115 cm³/mol. The van der Waals surface area contributed by atoms with Crippen molar-refractivity contribution in [2.75, 3.05) is 0 Å². The highest BCUT2D eigenvalue weighted by atomic mass is 32.1. The molecule has 0 spiro atoms. The average molecular weight is 404 g/mol. The van der Waals surface area contributed by atoms with E-state index < -0.39 is 0 Å². The molecular formula is C22H20N4O2S. The summed E-state index contributed by atoms with van der Waals surface area (Å²) in [6.07, 6.45) is 0. The summed E-state index contributed by atoms with van der Waals surface area (Å²) in [5.41, 5.74) is 3.71. The van der Waals surface area contributed by atoms with Crippen LogP contribution in [0.15, 0.2) is 59.4 Å². The van der Waals surface area contributed by atoms with E-state index in [1.165, 1.54) is 16.0 Å². The molecule has 0 unspecified atom stereocenters. The van der Waals surface area contributed by atoms with Crippen molar-refractivity contribution in [3.8, 4) is 11.3 Å². The Morgan fingerprint density at radius 3 is 2.52 bits per heavy atom.